The molecular formula is C11H19N3O2. The van der Waals surface area contributed by atoms with Crippen molar-refractivity contribution in [1.29, 1.82) is 0 Å². The average molecular weight is 225 g/mol. The van der Waals surface area contributed by atoms with E-state index in [9.17, 15) is 5.11 Å². The number of aliphatic hydroxyl groups excluding tert-OH is 1. The van der Waals surface area contributed by atoms with E-state index in [-0.39, 0.29) is 6.61 Å². The molecule has 0 saturated carbocycles. The van der Waals surface area contributed by atoms with Gasteiger partial charge in [0.25, 0.3) is 0 Å². The molecule has 1 aromatic heterocycles. The van der Waals surface area contributed by atoms with Crippen LogP contribution < -0.4 is 4.90 Å². The molecule has 5 heteroatoms. The molecule has 0 atom stereocenters. The molecule has 1 saturated heterocycles. The number of aromatic nitrogens is 2. The van der Waals surface area contributed by atoms with Crippen LogP contribution in [-0.2, 0) is 24.8 Å². The van der Waals surface area contributed by atoms with Crippen LogP contribution in [0.25, 0.3) is 0 Å². The van der Waals surface area contributed by atoms with Crippen LogP contribution >= 0.6 is 0 Å². The van der Waals surface area contributed by atoms with Crippen LogP contribution in [0.3, 0.4) is 0 Å². The Bertz CT molecular complexity index is 356. The van der Waals surface area contributed by atoms with Gasteiger partial charge in [0.2, 0.25) is 0 Å². The number of hydrogen-bond acceptors (Lipinski definition) is 4. The summed E-state index contributed by atoms with van der Waals surface area (Å²) in [5, 5.41) is 13.9. The molecule has 1 fully saturated rings. The Balaban J connectivity index is 2.33. The monoisotopic (exact) mass is 225 g/mol. The molecule has 0 aromatic carbocycles. The Morgan fingerprint density at radius 1 is 1.38 bits per heavy atom. The van der Waals surface area contributed by atoms with Crippen LogP contribution in [0.2, 0.25) is 0 Å². The van der Waals surface area contributed by atoms with E-state index in [2.05, 4.69) is 16.9 Å². The third-order valence-electron chi connectivity index (χ3n) is 3.00. The number of morpholine rings is 1. The summed E-state index contributed by atoms with van der Waals surface area (Å²) >= 11 is 0. The molecule has 90 valence electrons. The second-order valence-corrected chi connectivity index (χ2v) is 3.98. The largest absolute Gasteiger partial charge is 0.391 e. The molecule has 1 aliphatic heterocycles. The topological polar surface area (TPSA) is 50.5 Å². The van der Waals surface area contributed by atoms with Gasteiger partial charge in [0.1, 0.15) is 5.82 Å². The highest BCUT2D eigenvalue weighted by atomic mass is 16.5. The lowest BCUT2D eigenvalue weighted by atomic mass is 10.2. The Hall–Kier alpha value is -1.07. The Morgan fingerprint density at radius 3 is 2.62 bits per heavy atom. The number of aliphatic hydroxyl groups is 1. The fourth-order valence-electron chi connectivity index (χ4n) is 2.23. The lowest BCUT2D eigenvalue weighted by Gasteiger charge is -2.29. The van der Waals surface area contributed by atoms with E-state index in [1.54, 1.807) is 0 Å². The molecule has 1 N–H and O–H groups in total. The van der Waals surface area contributed by atoms with E-state index in [0.29, 0.717) is 0 Å². The highest BCUT2D eigenvalue weighted by Gasteiger charge is 2.21. The van der Waals surface area contributed by atoms with Gasteiger partial charge in [-0.15, -0.1) is 0 Å². The molecule has 1 aliphatic rings. The van der Waals surface area contributed by atoms with Crippen molar-refractivity contribution in [2.24, 2.45) is 7.05 Å². The Labute approximate surface area is 95.6 Å². The highest BCUT2D eigenvalue weighted by molar-refractivity contribution is 5.50. The van der Waals surface area contributed by atoms with Gasteiger partial charge in [-0.05, 0) is 6.42 Å². The van der Waals surface area contributed by atoms with E-state index in [4.69, 9.17) is 4.74 Å². The first-order valence-electron chi connectivity index (χ1n) is 5.76. The van der Waals surface area contributed by atoms with Crippen molar-refractivity contribution >= 4 is 5.82 Å². The number of rotatable bonds is 3. The molecule has 0 unspecified atom stereocenters. The predicted molar refractivity (Wildman–Crippen MR) is 61.5 cm³/mol. The number of aryl methyl sites for hydroxylation is 2. The summed E-state index contributed by atoms with van der Waals surface area (Å²) in [5.74, 6) is 1.04. The van der Waals surface area contributed by atoms with Crippen LogP contribution in [0.5, 0.6) is 0 Å². The molecular weight excluding hydrogens is 206 g/mol. The minimum Gasteiger partial charge on any atom is -0.391 e. The summed E-state index contributed by atoms with van der Waals surface area (Å²) in [6.07, 6.45) is 0.855. The van der Waals surface area contributed by atoms with Crippen molar-refractivity contribution in [3.63, 3.8) is 0 Å². The Morgan fingerprint density at radius 2 is 2.06 bits per heavy atom. The van der Waals surface area contributed by atoms with Crippen molar-refractivity contribution in [2.45, 2.75) is 20.0 Å². The normalized spacial score (nSPS) is 16.8. The number of hydrogen-bond donors (Lipinski definition) is 1. The van der Waals surface area contributed by atoms with Gasteiger partial charge in [-0.1, -0.05) is 6.92 Å². The summed E-state index contributed by atoms with van der Waals surface area (Å²) in [6, 6.07) is 0. The van der Waals surface area contributed by atoms with Gasteiger partial charge < -0.3 is 14.7 Å². The molecule has 0 spiro atoms. The Kier molecular flexibility index (Phi) is 3.46. The summed E-state index contributed by atoms with van der Waals surface area (Å²) in [5.41, 5.74) is 1.96. The van der Waals surface area contributed by atoms with E-state index in [1.165, 1.54) is 0 Å². The first kappa shape index (κ1) is 11.4. The van der Waals surface area contributed by atoms with Gasteiger partial charge in [0.05, 0.1) is 25.5 Å². The first-order valence-corrected chi connectivity index (χ1v) is 5.76. The van der Waals surface area contributed by atoms with Gasteiger partial charge in [-0.3, -0.25) is 4.68 Å². The lowest BCUT2D eigenvalue weighted by Crippen LogP contribution is -2.37. The fraction of sp³-hybridized carbons (Fsp3) is 0.727. The van der Waals surface area contributed by atoms with Crippen LogP contribution in [-0.4, -0.2) is 41.2 Å². The van der Waals surface area contributed by atoms with Crippen molar-refractivity contribution in [2.75, 3.05) is 31.2 Å². The van der Waals surface area contributed by atoms with Gasteiger partial charge in [-0.2, -0.15) is 5.10 Å². The number of ether oxygens (including phenoxy) is 1. The fourth-order valence-corrected chi connectivity index (χ4v) is 2.23. The molecule has 2 heterocycles. The summed E-state index contributed by atoms with van der Waals surface area (Å²) in [6.45, 7) is 5.36. The quantitative estimate of drug-likeness (QED) is 0.804. The summed E-state index contributed by atoms with van der Waals surface area (Å²) < 4.78 is 7.20. The molecule has 5 nitrogen and oxygen atoms in total. The number of nitrogens with zero attached hydrogens (tertiary/aromatic N) is 3. The summed E-state index contributed by atoms with van der Waals surface area (Å²) in [7, 11) is 1.93. The smallest absolute Gasteiger partial charge is 0.132 e. The molecule has 16 heavy (non-hydrogen) atoms. The van der Waals surface area contributed by atoms with Crippen molar-refractivity contribution in [3.05, 3.63) is 11.3 Å². The second kappa shape index (κ2) is 4.84. The SMILES string of the molecule is CCc1nn(C)c(N2CCOCC2)c1CO. The van der Waals surface area contributed by atoms with Gasteiger partial charge in [0.15, 0.2) is 0 Å². The zero-order chi connectivity index (χ0) is 11.5. The van der Waals surface area contributed by atoms with E-state index in [0.717, 1.165) is 49.8 Å². The highest BCUT2D eigenvalue weighted by Crippen LogP contribution is 2.24. The molecule has 2 rings (SSSR count). The molecule has 0 amide bonds. The van der Waals surface area contributed by atoms with Crippen LogP contribution in [0.1, 0.15) is 18.2 Å². The minimum atomic E-state index is 0.0592. The standard InChI is InChI=1S/C11H19N3O2/c1-3-10-9(8-15)11(13(2)12-10)14-4-6-16-7-5-14/h15H,3-8H2,1-2H3. The van der Waals surface area contributed by atoms with E-state index < -0.39 is 0 Å². The third kappa shape index (κ3) is 1.92. The second-order valence-electron chi connectivity index (χ2n) is 3.98. The maximum absolute atomic E-state index is 9.46. The zero-order valence-electron chi connectivity index (χ0n) is 9.94. The molecule has 0 radical (unpaired) electrons. The van der Waals surface area contributed by atoms with Gasteiger partial charge >= 0.3 is 0 Å². The van der Waals surface area contributed by atoms with Crippen molar-refractivity contribution < 1.29 is 9.84 Å². The number of anilines is 1. The maximum atomic E-state index is 9.46. The average Bonchev–Trinajstić information content (AvgIpc) is 2.66. The van der Waals surface area contributed by atoms with Crippen molar-refractivity contribution in [1.82, 2.24) is 9.78 Å². The molecule has 1 aromatic rings. The van der Waals surface area contributed by atoms with Gasteiger partial charge in [0, 0.05) is 25.7 Å². The zero-order valence-corrected chi connectivity index (χ0v) is 9.94. The minimum absolute atomic E-state index is 0.0592. The third-order valence-corrected chi connectivity index (χ3v) is 3.00. The van der Waals surface area contributed by atoms with Crippen LogP contribution in [0, 0.1) is 0 Å². The van der Waals surface area contributed by atoms with E-state index >= 15 is 0 Å². The van der Waals surface area contributed by atoms with E-state index in [1.807, 2.05) is 11.7 Å². The predicted octanol–water partition coefficient (Wildman–Crippen LogP) is 0.311. The molecule has 0 bridgehead atoms. The first-order chi connectivity index (χ1) is 7.77. The molecule has 0 aliphatic carbocycles. The lowest BCUT2D eigenvalue weighted by molar-refractivity contribution is 0.122. The van der Waals surface area contributed by atoms with Crippen LogP contribution in [0.4, 0.5) is 5.82 Å². The van der Waals surface area contributed by atoms with Gasteiger partial charge in [-0.25, -0.2) is 0 Å². The maximum Gasteiger partial charge on any atom is 0.132 e. The summed E-state index contributed by atoms with van der Waals surface area (Å²) in [4.78, 5) is 2.24. The van der Waals surface area contributed by atoms with Crippen molar-refractivity contribution in [3.8, 4) is 0 Å². The van der Waals surface area contributed by atoms with Crippen LogP contribution in [0.15, 0.2) is 0 Å².